The van der Waals surface area contributed by atoms with Crippen LogP contribution in [0.25, 0.3) is 0 Å². The van der Waals surface area contributed by atoms with Gasteiger partial charge in [-0.15, -0.1) is 11.8 Å². The Kier molecular flexibility index (Phi) is 7.98. The molecule has 1 nitrogen and oxygen atoms in total. The van der Waals surface area contributed by atoms with Crippen LogP contribution in [0.1, 0.15) is 51.9 Å². The number of rotatable bonds is 9. The van der Waals surface area contributed by atoms with Crippen LogP contribution in [0.4, 0.5) is 5.69 Å². The van der Waals surface area contributed by atoms with Crippen molar-refractivity contribution in [1.82, 2.24) is 0 Å². The Labute approximate surface area is 110 Å². The van der Waals surface area contributed by atoms with E-state index in [4.69, 9.17) is 5.73 Å². The molecule has 0 aliphatic heterocycles. The molecule has 0 heterocycles. The molecule has 0 fully saturated rings. The Bertz CT molecular complexity index is 281. The third kappa shape index (κ3) is 7.32. The van der Waals surface area contributed by atoms with Crippen molar-refractivity contribution in [3.8, 4) is 0 Å². The zero-order valence-electron chi connectivity index (χ0n) is 11.0. The predicted octanol–water partition coefficient (Wildman–Crippen LogP) is 5.11. The predicted molar refractivity (Wildman–Crippen MR) is 79.6 cm³/mol. The first-order valence-electron chi connectivity index (χ1n) is 6.81. The minimum atomic E-state index is 0.852. The van der Waals surface area contributed by atoms with Crippen LogP contribution in [0.5, 0.6) is 0 Å². The van der Waals surface area contributed by atoms with Gasteiger partial charge in [-0.1, -0.05) is 45.4 Å². The highest BCUT2D eigenvalue weighted by atomic mass is 32.2. The molecular weight excluding hydrogens is 226 g/mol. The average molecular weight is 251 g/mol. The third-order valence-electron chi connectivity index (χ3n) is 2.90. The smallest absolute Gasteiger partial charge is 0.0314 e. The molecule has 96 valence electrons. The molecule has 0 saturated heterocycles. The molecule has 1 rings (SSSR count). The normalized spacial score (nSPS) is 10.6. The first kappa shape index (κ1) is 14.4. The standard InChI is InChI=1S/C15H25NS/c1-2-3-4-5-6-7-8-13-17-15-11-9-14(16)10-12-15/h9-12H,2-8,13,16H2,1H3. The van der Waals surface area contributed by atoms with E-state index in [2.05, 4.69) is 19.1 Å². The van der Waals surface area contributed by atoms with Crippen LogP contribution >= 0.6 is 11.8 Å². The monoisotopic (exact) mass is 251 g/mol. The first-order valence-corrected chi connectivity index (χ1v) is 7.80. The van der Waals surface area contributed by atoms with Crippen molar-refractivity contribution < 1.29 is 0 Å². The summed E-state index contributed by atoms with van der Waals surface area (Å²) in [5.74, 6) is 1.23. The van der Waals surface area contributed by atoms with Gasteiger partial charge in [-0.2, -0.15) is 0 Å². The molecule has 0 aliphatic carbocycles. The summed E-state index contributed by atoms with van der Waals surface area (Å²) in [5.41, 5.74) is 6.50. The van der Waals surface area contributed by atoms with E-state index < -0.39 is 0 Å². The second kappa shape index (κ2) is 9.41. The number of unbranched alkanes of at least 4 members (excludes halogenated alkanes) is 6. The Hall–Kier alpha value is -0.630. The summed E-state index contributed by atoms with van der Waals surface area (Å²) in [7, 11) is 0. The van der Waals surface area contributed by atoms with E-state index >= 15 is 0 Å². The Morgan fingerprint density at radius 2 is 1.47 bits per heavy atom. The largest absolute Gasteiger partial charge is 0.399 e. The van der Waals surface area contributed by atoms with Crippen LogP contribution in [0, 0.1) is 0 Å². The summed E-state index contributed by atoms with van der Waals surface area (Å²) >= 11 is 1.94. The summed E-state index contributed by atoms with van der Waals surface area (Å²) < 4.78 is 0. The van der Waals surface area contributed by atoms with E-state index in [1.165, 1.54) is 55.6 Å². The van der Waals surface area contributed by atoms with Gasteiger partial charge < -0.3 is 5.73 Å². The van der Waals surface area contributed by atoms with Gasteiger partial charge in [0.2, 0.25) is 0 Å². The van der Waals surface area contributed by atoms with Gasteiger partial charge in [0.05, 0.1) is 0 Å². The van der Waals surface area contributed by atoms with Crippen LogP contribution in [0.2, 0.25) is 0 Å². The second-order valence-corrected chi connectivity index (χ2v) is 5.71. The minimum Gasteiger partial charge on any atom is -0.399 e. The van der Waals surface area contributed by atoms with Crippen molar-refractivity contribution in [1.29, 1.82) is 0 Å². The first-order chi connectivity index (χ1) is 8.33. The van der Waals surface area contributed by atoms with Gasteiger partial charge in [0, 0.05) is 10.6 Å². The number of benzene rings is 1. The molecule has 0 amide bonds. The van der Waals surface area contributed by atoms with Crippen molar-refractivity contribution in [2.45, 2.75) is 56.8 Å². The molecule has 0 radical (unpaired) electrons. The van der Waals surface area contributed by atoms with Crippen LogP contribution in [-0.2, 0) is 0 Å². The lowest BCUT2D eigenvalue weighted by Crippen LogP contribution is -1.85. The van der Waals surface area contributed by atoms with E-state index in [1.54, 1.807) is 0 Å². The summed E-state index contributed by atoms with van der Waals surface area (Å²) in [6.07, 6.45) is 9.70. The van der Waals surface area contributed by atoms with Crippen LogP contribution in [0.15, 0.2) is 29.2 Å². The molecule has 17 heavy (non-hydrogen) atoms. The molecule has 0 spiro atoms. The minimum absolute atomic E-state index is 0.852. The Balaban J connectivity index is 1.95. The van der Waals surface area contributed by atoms with Gasteiger partial charge in [-0.25, -0.2) is 0 Å². The fourth-order valence-electron chi connectivity index (χ4n) is 1.81. The number of nitrogens with two attached hydrogens (primary N) is 1. The van der Waals surface area contributed by atoms with Crippen molar-refractivity contribution in [2.75, 3.05) is 11.5 Å². The number of thioether (sulfide) groups is 1. The van der Waals surface area contributed by atoms with Gasteiger partial charge >= 0.3 is 0 Å². The van der Waals surface area contributed by atoms with Gasteiger partial charge in [0.25, 0.3) is 0 Å². The number of nitrogen functional groups attached to an aromatic ring is 1. The summed E-state index contributed by atoms with van der Waals surface area (Å²) in [5, 5.41) is 0. The van der Waals surface area contributed by atoms with Crippen molar-refractivity contribution in [3.05, 3.63) is 24.3 Å². The maximum Gasteiger partial charge on any atom is 0.0314 e. The topological polar surface area (TPSA) is 26.0 Å². The van der Waals surface area contributed by atoms with Crippen molar-refractivity contribution in [3.63, 3.8) is 0 Å². The lowest BCUT2D eigenvalue weighted by Gasteiger charge is -2.02. The third-order valence-corrected chi connectivity index (χ3v) is 4.00. The van der Waals surface area contributed by atoms with Crippen molar-refractivity contribution >= 4 is 17.4 Å². The molecule has 0 aliphatic rings. The Morgan fingerprint density at radius 1 is 0.882 bits per heavy atom. The van der Waals surface area contributed by atoms with E-state index in [0.717, 1.165) is 5.69 Å². The fraction of sp³-hybridized carbons (Fsp3) is 0.600. The number of hydrogen-bond donors (Lipinski definition) is 1. The van der Waals surface area contributed by atoms with Crippen LogP contribution < -0.4 is 5.73 Å². The Morgan fingerprint density at radius 3 is 2.12 bits per heavy atom. The molecule has 2 heteroatoms. The lowest BCUT2D eigenvalue weighted by atomic mass is 10.1. The SMILES string of the molecule is CCCCCCCCCSc1ccc(N)cc1. The van der Waals surface area contributed by atoms with Gasteiger partial charge in [-0.05, 0) is 36.4 Å². The van der Waals surface area contributed by atoms with Crippen LogP contribution in [0.3, 0.4) is 0 Å². The van der Waals surface area contributed by atoms with Crippen LogP contribution in [-0.4, -0.2) is 5.75 Å². The van der Waals surface area contributed by atoms with Gasteiger partial charge in [0.15, 0.2) is 0 Å². The molecule has 0 saturated carbocycles. The summed E-state index contributed by atoms with van der Waals surface area (Å²) in [4.78, 5) is 1.34. The maximum absolute atomic E-state index is 5.65. The van der Waals surface area contributed by atoms with E-state index in [1.807, 2.05) is 23.9 Å². The average Bonchev–Trinajstić information content (AvgIpc) is 2.35. The molecule has 0 aromatic heterocycles. The molecular formula is C15H25NS. The maximum atomic E-state index is 5.65. The highest BCUT2D eigenvalue weighted by Crippen LogP contribution is 2.21. The quantitative estimate of drug-likeness (QED) is 0.375. The highest BCUT2D eigenvalue weighted by molar-refractivity contribution is 7.99. The fourth-order valence-corrected chi connectivity index (χ4v) is 2.73. The summed E-state index contributed by atoms with van der Waals surface area (Å²) in [6, 6.07) is 8.18. The van der Waals surface area contributed by atoms with Gasteiger partial charge in [0.1, 0.15) is 0 Å². The zero-order chi connectivity index (χ0) is 12.3. The lowest BCUT2D eigenvalue weighted by molar-refractivity contribution is 0.603. The second-order valence-electron chi connectivity index (χ2n) is 4.54. The molecule has 0 unspecified atom stereocenters. The summed E-state index contributed by atoms with van der Waals surface area (Å²) in [6.45, 7) is 2.27. The molecule has 0 bridgehead atoms. The van der Waals surface area contributed by atoms with E-state index in [-0.39, 0.29) is 0 Å². The molecule has 0 atom stereocenters. The zero-order valence-corrected chi connectivity index (χ0v) is 11.8. The number of hydrogen-bond acceptors (Lipinski definition) is 2. The molecule has 1 aromatic rings. The molecule has 2 N–H and O–H groups in total. The highest BCUT2D eigenvalue weighted by Gasteiger charge is 1.94. The van der Waals surface area contributed by atoms with Gasteiger partial charge in [-0.3, -0.25) is 0 Å². The molecule has 1 aromatic carbocycles. The van der Waals surface area contributed by atoms with E-state index in [9.17, 15) is 0 Å². The van der Waals surface area contributed by atoms with E-state index in [0.29, 0.717) is 0 Å². The van der Waals surface area contributed by atoms with Crippen molar-refractivity contribution in [2.24, 2.45) is 0 Å². The number of anilines is 1.